The van der Waals surface area contributed by atoms with Gasteiger partial charge in [0, 0.05) is 11.6 Å². The maximum absolute atomic E-state index is 13.2. The summed E-state index contributed by atoms with van der Waals surface area (Å²) in [5.41, 5.74) is 10.2. The molecule has 0 bridgehead atoms. The third-order valence-corrected chi connectivity index (χ3v) is 9.68. The van der Waals surface area contributed by atoms with Crippen LogP contribution in [0.3, 0.4) is 0 Å². The van der Waals surface area contributed by atoms with Crippen molar-refractivity contribution in [2.24, 2.45) is 7.05 Å². The quantitative estimate of drug-likeness (QED) is 0.0819. The first-order valence-electron chi connectivity index (χ1n) is 17.1. The van der Waals surface area contributed by atoms with Crippen molar-refractivity contribution < 1.29 is 28.7 Å². The predicted molar refractivity (Wildman–Crippen MR) is 204 cm³/mol. The molecule has 0 saturated heterocycles. The van der Waals surface area contributed by atoms with Crippen LogP contribution in [0.1, 0.15) is 48.5 Å². The molecule has 1 heterocycles. The number of carboxylic acid groups (broad SMARTS) is 1. The van der Waals surface area contributed by atoms with E-state index in [0.29, 0.717) is 34.2 Å². The SMILES string of the molecule is C=Cc1ccc(OCc2ccccc2)cc1-c1cc(-c2ccc(C(=O)OCc3c(C)cccc3C)cc2)c2c(c1)c(C(=O)[O-])c1ccccc1[n+]2C. The zero-order valence-corrected chi connectivity index (χ0v) is 29.3. The average molecular weight is 684 g/mol. The van der Waals surface area contributed by atoms with Gasteiger partial charge in [-0.25, -0.2) is 4.79 Å². The van der Waals surface area contributed by atoms with Gasteiger partial charge in [-0.2, -0.15) is 4.57 Å². The largest absolute Gasteiger partial charge is 0.545 e. The summed E-state index contributed by atoms with van der Waals surface area (Å²) in [4.78, 5) is 26.1. The Morgan fingerprint density at radius 3 is 2.15 bits per heavy atom. The van der Waals surface area contributed by atoms with Crippen molar-refractivity contribution in [1.82, 2.24) is 0 Å². The number of nitrogens with zero attached hydrogens (tertiary/aromatic N) is 1. The molecule has 1 aromatic heterocycles. The number of aromatic carboxylic acids is 1. The van der Waals surface area contributed by atoms with Gasteiger partial charge < -0.3 is 19.4 Å². The number of hydrogen-bond acceptors (Lipinski definition) is 5. The predicted octanol–water partition coefficient (Wildman–Crippen LogP) is 8.71. The maximum atomic E-state index is 13.2. The molecule has 0 saturated carbocycles. The van der Waals surface area contributed by atoms with E-state index in [9.17, 15) is 14.7 Å². The van der Waals surface area contributed by atoms with Crippen molar-refractivity contribution in [2.75, 3.05) is 0 Å². The Morgan fingerprint density at radius 1 is 0.731 bits per heavy atom. The molecule has 0 aliphatic heterocycles. The molecule has 0 atom stereocenters. The van der Waals surface area contributed by atoms with E-state index in [-0.39, 0.29) is 12.2 Å². The van der Waals surface area contributed by atoms with Gasteiger partial charge in [-0.05, 0) is 101 Å². The highest BCUT2D eigenvalue weighted by Crippen LogP contribution is 2.39. The van der Waals surface area contributed by atoms with Crippen molar-refractivity contribution >= 4 is 39.8 Å². The van der Waals surface area contributed by atoms with Crippen LogP contribution < -0.4 is 14.4 Å². The number of para-hydroxylation sites is 1. The van der Waals surface area contributed by atoms with E-state index < -0.39 is 11.9 Å². The van der Waals surface area contributed by atoms with Gasteiger partial charge in [-0.15, -0.1) is 0 Å². The number of hydrogen-bond donors (Lipinski definition) is 0. The molecule has 7 aromatic rings. The van der Waals surface area contributed by atoms with Crippen LogP contribution in [0, 0.1) is 13.8 Å². The standard InChI is InChI=1S/C46H37NO5/c1-5-32-22-23-36(51-27-31-14-7-6-8-15-31)26-38(32)35-24-39(44-40(25-35)43(45(48)49)37-16-9-10-17-42(37)47(44)4)33-18-20-34(21-19-33)46(50)52-28-41-29(2)12-11-13-30(41)3/h5-26H,1,27-28H2,2-4H3. The maximum Gasteiger partial charge on any atom is 0.338 e. The minimum atomic E-state index is -1.27. The summed E-state index contributed by atoms with van der Waals surface area (Å²) in [5, 5.41) is 14.1. The number of aryl methyl sites for hydroxylation is 3. The Labute approximate surface area is 302 Å². The van der Waals surface area contributed by atoms with E-state index in [2.05, 4.69) is 6.58 Å². The van der Waals surface area contributed by atoms with Crippen molar-refractivity contribution in [3.63, 3.8) is 0 Å². The van der Waals surface area contributed by atoms with E-state index in [1.54, 1.807) is 24.3 Å². The van der Waals surface area contributed by atoms with Gasteiger partial charge in [0.2, 0.25) is 11.0 Å². The summed E-state index contributed by atoms with van der Waals surface area (Å²) in [6, 6.07) is 40.3. The van der Waals surface area contributed by atoms with Gasteiger partial charge >= 0.3 is 5.97 Å². The van der Waals surface area contributed by atoms with Crippen LogP contribution in [-0.4, -0.2) is 11.9 Å². The number of benzene rings is 6. The zero-order valence-electron chi connectivity index (χ0n) is 29.3. The Kier molecular flexibility index (Phi) is 9.38. The van der Waals surface area contributed by atoms with Crippen molar-refractivity contribution in [1.29, 1.82) is 0 Å². The summed E-state index contributed by atoms with van der Waals surface area (Å²) in [5.74, 6) is -1.03. The smallest absolute Gasteiger partial charge is 0.338 e. The molecular weight excluding hydrogens is 647 g/mol. The van der Waals surface area contributed by atoms with Gasteiger partial charge in [0.15, 0.2) is 0 Å². The lowest BCUT2D eigenvalue weighted by Gasteiger charge is -2.17. The summed E-state index contributed by atoms with van der Waals surface area (Å²) in [6.07, 6.45) is 1.78. The van der Waals surface area contributed by atoms with E-state index >= 15 is 0 Å². The summed E-state index contributed by atoms with van der Waals surface area (Å²) < 4.78 is 13.9. The molecule has 0 amide bonds. The Balaban J connectivity index is 1.36. The van der Waals surface area contributed by atoms with Gasteiger partial charge in [0.25, 0.3) is 0 Å². The van der Waals surface area contributed by atoms with Gasteiger partial charge in [-0.1, -0.05) is 91.5 Å². The minimum absolute atomic E-state index is 0.107. The third kappa shape index (κ3) is 6.54. The normalized spacial score (nSPS) is 11.1. The number of pyridine rings is 1. The molecule has 0 fully saturated rings. The highest BCUT2D eigenvalue weighted by molar-refractivity contribution is 6.14. The van der Waals surface area contributed by atoms with Crippen molar-refractivity contribution in [2.45, 2.75) is 27.1 Å². The first-order chi connectivity index (χ1) is 25.2. The summed E-state index contributed by atoms with van der Waals surface area (Å²) in [7, 11) is 1.93. The van der Waals surface area contributed by atoms with Crippen LogP contribution in [0.25, 0.3) is 50.1 Å². The van der Waals surface area contributed by atoms with Crippen LogP contribution >= 0.6 is 0 Å². The zero-order chi connectivity index (χ0) is 36.4. The second-order valence-corrected chi connectivity index (χ2v) is 12.9. The Bertz CT molecular complexity index is 2480. The topological polar surface area (TPSA) is 79.5 Å². The van der Waals surface area contributed by atoms with E-state index in [1.165, 1.54) is 0 Å². The molecule has 0 radical (unpaired) electrons. The number of esters is 1. The molecule has 256 valence electrons. The number of ether oxygens (including phenoxy) is 2. The van der Waals surface area contributed by atoms with E-state index in [4.69, 9.17) is 9.47 Å². The van der Waals surface area contributed by atoms with Crippen LogP contribution in [0.2, 0.25) is 0 Å². The lowest BCUT2D eigenvalue weighted by Crippen LogP contribution is -2.33. The second-order valence-electron chi connectivity index (χ2n) is 12.9. The average Bonchev–Trinajstić information content (AvgIpc) is 3.16. The highest BCUT2D eigenvalue weighted by atomic mass is 16.5. The lowest BCUT2D eigenvalue weighted by atomic mass is 9.90. The van der Waals surface area contributed by atoms with Crippen LogP contribution in [0.4, 0.5) is 0 Å². The first-order valence-corrected chi connectivity index (χ1v) is 17.1. The lowest BCUT2D eigenvalue weighted by molar-refractivity contribution is -0.617. The molecule has 6 heteroatoms. The molecule has 0 aliphatic carbocycles. The molecule has 52 heavy (non-hydrogen) atoms. The molecule has 0 aliphatic rings. The number of carbonyl (C=O) groups excluding carboxylic acids is 2. The molecular formula is C46H37NO5. The Morgan fingerprint density at radius 2 is 1.44 bits per heavy atom. The number of carbonyl (C=O) groups is 2. The molecule has 7 rings (SSSR count). The monoisotopic (exact) mass is 683 g/mol. The number of rotatable bonds is 10. The first kappa shape index (κ1) is 33.9. The van der Waals surface area contributed by atoms with Crippen LogP contribution in [0.5, 0.6) is 5.75 Å². The van der Waals surface area contributed by atoms with E-state index in [0.717, 1.165) is 55.6 Å². The fourth-order valence-electron chi connectivity index (χ4n) is 6.90. The molecule has 0 spiro atoms. The third-order valence-electron chi connectivity index (χ3n) is 9.68. The Hall–Kier alpha value is -6.53. The molecule has 0 unspecified atom stereocenters. The van der Waals surface area contributed by atoms with Gasteiger partial charge in [-0.3, -0.25) is 0 Å². The molecule has 6 aromatic carbocycles. The van der Waals surface area contributed by atoms with Crippen LogP contribution in [0.15, 0.2) is 134 Å². The number of carboxylic acids is 1. The van der Waals surface area contributed by atoms with Gasteiger partial charge in [0.05, 0.1) is 27.9 Å². The molecule has 0 N–H and O–H groups in total. The number of aromatic nitrogens is 1. The fourth-order valence-corrected chi connectivity index (χ4v) is 6.90. The van der Waals surface area contributed by atoms with Crippen LogP contribution in [-0.2, 0) is 25.0 Å². The minimum Gasteiger partial charge on any atom is -0.545 e. The second kappa shape index (κ2) is 14.4. The van der Waals surface area contributed by atoms with Crippen molar-refractivity contribution in [3.05, 3.63) is 173 Å². The summed E-state index contributed by atoms with van der Waals surface area (Å²) in [6.45, 7) is 8.65. The van der Waals surface area contributed by atoms with E-state index in [1.807, 2.05) is 135 Å². The highest BCUT2D eigenvalue weighted by Gasteiger charge is 2.24. The fraction of sp³-hybridized carbons (Fsp3) is 0.109. The number of fused-ring (bicyclic) bond motifs is 2. The van der Waals surface area contributed by atoms with Gasteiger partial charge in [0.1, 0.15) is 26.0 Å². The molecule has 6 nitrogen and oxygen atoms in total. The van der Waals surface area contributed by atoms with Crippen molar-refractivity contribution in [3.8, 4) is 28.0 Å². The summed E-state index contributed by atoms with van der Waals surface area (Å²) >= 11 is 0.